The second-order valence-electron chi connectivity index (χ2n) is 2.94. The fourth-order valence-corrected chi connectivity index (χ4v) is 1.03. The van der Waals surface area contributed by atoms with Crippen molar-refractivity contribution in [2.75, 3.05) is 24.3 Å². The highest BCUT2D eigenvalue weighted by molar-refractivity contribution is 5.92. The molecule has 15 heavy (non-hydrogen) atoms. The maximum atomic E-state index is 11.4. The number of carbonyl (C=O) groups is 1. The van der Waals surface area contributed by atoms with Crippen molar-refractivity contribution in [1.29, 1.82) is 0 Å². The lowest BCUT2D eigenvalue weighted by Gasteiger charge is -2.06. The number of pyridine rings is 1. The minimum atomic E-state index is -0.145. The first-order chi connectivity index (χ1) is 7.24. The van der Waals surface area contributed by atoms with Gasteiger partial charge in [0.2, 0.25) is 5.91 Å². The zero-order valence-corrected chi connectivity index (χ0v) is 8.69. The van der Waals surface area contributed by atoms with Crippen molar-refractivity contribution in [2.45, 2.75) is 13.3 Å². The first-order valence-corrected chi connectivity index (χ1v) is 4.82. The summed E-state index contributed by atoms with van der Waals surface area (Å²) in [6.45, 7) is 2.91. The number of nitrogens with zero attached hydrogens (tertiary/aromatic N) is 1. The zero-order valence-electron chi connectivity index (χ0n) is 8.69. The van der Waals surface area contributed by atoms with Crippen molar-refractivity contribution in [3.8, 4) is 0 Å². The van der Waals surface area contributed by atoms with Gasteiger partial charge in [0.05, 0.1) is 18.7 Å². The number of anilines is 2. The highest BCUT2D eigenvalue weighted by Crippen LogP contribution is 2.12. The molecule has 0 fully saturated rings. The SMILES string of the molecule is CCOCCC(=O)Nc1ncccc1N. The van der Waals surface area contributed by atoms with E-state index in [9.17, 15) is 4.79 Å². The van der Waals surface area contributed by atoms with Gasteiger partial charge in [0.25, 0.3) is 0 Å². The monoisotopic (exact) mass is 209 g/mol. The summed E-state index contributed by atoms with van der Waals surface area (Å²) in [7, 11) is 0. The summed E-state index contributed by atoms with van der Waals surface area (Å²) in [5.41, 5.74) is 6.08. The third kappa shape index (κ3) is 3.95. The number of aromatic nitrogens is 1. The molecule has 0 unspecified atom stereocenters. The molecule has 0 bridgehead atoms. The number of amides is 1. The minimum Gasteiger partial charge on any atom is -0.396 e. The fraction of sp³-hybridized carbons (Fsp3) is 0.400. The van der Waals surface area contributed by atoms with Gasteiger partial charge in [-0.25, -0.2) is 4.98 Å². The maximum Gasteiger partial charge on any atom is 0.227 e. The minimum absolute atomic E-state index is 0.145. The van der Waals surface area contributed by atoms with Crippen LogP contribution in [-0.4, -0.2) is 24.1 Å². The number of carbonyl (C=O) groups excluding carboxylic acids is 1. The molecule has 1 aromatic rings. The van der Waals surface area contributed by atoms with Gasteiger partial charge in [-0.15, -0.1) is 0 Å². The second kappa shape index (κ2) is 5.98. The number of hydrogen-bond acceptors (Lipinski definition) is 4. The molecule has 0 aliphatic carbocycles. The number of rotatable bonds is 5. The van der Waals surface area contributed by atoms with Crippen molar-refractivity contribution in [2.24, 2.45) is 0 Å². The van der Waals surface area contributed by atoms with E-state index >= 15 is 0 Å². The molecule has 3 N–H and O–H groups in total. The van der Waals surface area contributed by atoms with Crippen LogP contribution in [0.3, 0.4) is 0 Å². The maximum absolute atomic E-state index is 11.4. The number of nitrogen functional groups attached to an aromatic ring is 1. The average Bonchev–Trinajstić information content (AvgIpc) is 2.22. The van der Waals surface area contributed by atoms with E-state index in [2.05, 4.69) is 10.3 Å². The van der Waals surface area contributed by atoms with E-state index in [1.165, 1.54) is 0 Å². The predicted octanol–water partition coefficient (Wildman–Crippen LogP) is 1.03. The molecule has 0 saturated heterocycles. The molecule has 1 aromatic heterocycles. The van der Waals surface area contributed by atoms with Gasteiger partial charge in [-0.3, -0.25) is 4.79 Å². The van der Waals surface area contributed by atoms with Crippen LogP contribution in [0.4, 0.5) is 11.5 Å². The largest absolute Gasteiger partial charge is 0.396 e. The van der Waals surface area contributed by atoms with Gasteiger partial charge in [0.15, 0.2) is 5.82 Å². The van der Waals surface area contributed by atoms with Gasteiger partial charge in [-0.05, 0) is 19.1 Å². The molecule has 0 atom stereocenters. The molecule has 0 aromatic carbocycles. The van der Waals surface area contributed by atoms with Crippen molar-refractivity contribution < 1.29 is 9.53 Å². The predicted molar refractivity (Wildman–Crippen MR) is 58.4 cm³/mol. The quantitative estimate of drug-likeness (QED) is 0.710. The Morgan fingerprint density at radius 2 is 2.47 bits per heavy atom. The molecule has 1 heterocycles. The summed E-state index contributed by atoms with van der Waals surface area (Å²) in [4.78, 5) is 15.3. The molecular formula is C10H15N3O2. The summed E-state index contributed by atoms with van der Waals surface area (Å²) in [6.07, 6.45) is 1.89. The van der Waals surface area contributed by atoms with Crippen LogP contribution in [0.25, 0.3) is 0 Å². The van der Waals surface area contributed by atoms with Gasteiger partial charge in [0.1, 0.15) is 0 Å². The lowest BCUT2D eigenvalue weighted by Crippen LogP contribution is -2.16. The molecule has 0 saturated carbocycles. The van der Waals surface area contributed by atoms with E-state index in [-0.39, 0.29) is 5.91 Å². The van der Waals surface area contributed by atoms with Crippen molar-refractivity contribution >= 4 is 17.4 Å². The second-order valence-corrected chi connectivity index (χ2v) is 2.94. The van der Waals surface area contributed by atoms with Crippen molar-refractivity contribution in [3.05, 3.63) is 18.3 Å². The van der Waals surface area contributed by atoms with Crippen LogP contribution in [-0.2, 0) is 9.53 Å². The van der Waals surface area contributed by atoms with E-state index in [1.807, 2.05) is 6.92 Å². The fourth-order valence-electron chi connectivity index (χ4n) is 1.03. The van der Waals surface area contributed by atoms with Gasteiger partial charge >= 0.3 is 0 Å². The average molecular weight is 209 g/mol. The van der Waals surface area contributed by atoms with Crippen LogP contribution < -0.4 is 11.1 Å². The molecule has 5 nitrogen and oxygen atoms in total. The highest BCUT2D eigenvalue weighted by Gasteiger charge is 2.05. The molecule has 82 valence electrons. The summed E-state index contributed by atoms with van der Waals surface area (Å²) in [6, 6.07) is 3.40. The Hall–Kier alpha value is -1.62. The standard InChI is InChI=1S/C10H15N3O2/c1-2-15-7-5-9(14)13-10-8(11)4-3-6-12-10/h3-4,6H,2,5,7,11H2,1H3,(H,12,13,14). The molecular weight excluding hydrogens is 194 g/mol. The Kier molecular flexibility index (Phi) is 4.56. The van der Waals surface area contributed by atoms with Crippen LogP contribution >= 0.6 is 0 Å². The molecule has 0 aliphatic heterocycles. The van der Waals surface area contributed by atoms with Crippen LogP contribution in [0.5, 0.6) is 0 Å². The zero-order chi connectivity index (χ0) is 11.1. The Balaban J connectivity index is 2.41. The topological polar surface area (TPSA) is 77.2 Å². The van der Waals surface area contributed by atoms with Crippen LogP contribution in [0, 0.1) is 0 Å². The van der Waals surface area contributed by atoms with Crippen LogP contribution in [0.2, 0.25) is 0 Å². The van der Waals surface area contributed by atoms with E-state index < -0.39 is 0 Å². The van der Waals surface area contributed by atoms with E-state index in [1.54, 1.807) is 18.3 Å². The van der Waals surface area contributed by atoms with Crippen LogP contribution in [0.1, 0.15) is 13.3 Å². The smallest absolute Gasteiger partial charge is 0.227 e. The van der Waals surface area contributed by atoms with E-state index in [0.29, 0.717) is 31.1 Å². The third-order valence-corrected chi connectivity index (χ3v) is 1.77. The Labute approximate surface area is 88.6 Å². The lowest BCUT2D eigenvalue weighted by atomic mass is 10.3. The number of ether oxygens (including phenoxy) is 1. The summed E-state index contributed by atoms with van der Waals surface area (Å²) < 4.78 is 5.06. The van der Waals surface area contributed by atoms with Gasteiger partial charge in [-0.1, -0.05) is 0 Å². The Morgan fingerprint density at radius 3 is 3.13 bits per heavy atom. The third-order valence-electron chi connectivity index (χ3n) is 1.77. The summed E-state index contributed by atoms with van der Waals surface area (Å²) in [5, 5.41) is 2.61. The Morgan fingerprint density at radius 1 is 1.67 bits per heavy atom. The van der Waals surface area contributed by atoms with Gasteiger partial charge in [-0.2, -0.15) is 0 Å². The molecule has 5 heteroatoms. The highest BCUT2D eigenvalue weighted by atomic mass is 16.5. The number of nitrogens with two attached hydrogens (primary N) is 1. The summed E-state index contributed by atoms with van der Waals surface area (Å²) >= 11 is 0. The number of nitrogens with one attached hydrogen (secondary N) is 1. The first kappa shape index (κ1) is 11.5. The molecule has 0 aliphatic rings. The van der Waals surface area contributed by atoms with E-state index in [4.69, 9.17) is 10.5 Å². The first-order valence-electron chi connectivity index (χ1n) is 4.82. The van der Waals surface area contributed by atoms with Crippen LogP contribution in [0.15, 0.2) is 18.3 Å². The van der Waals surface area contributed by atoms with Crippen molar-refractivity contribution in [3.63, 3.8) is 0 Å². The normalized spacial score (nSPS) is 9.93. The van der Waals surface area contributed by atoms with E-state index in [0.717, 1.165) is 0 Å². The van der Waals surface area contributed by atoms with Gasteiger partial charge < -0.3 is 15.8 Å². The molecule has 1 rings (SSSR count). The summed E-state index contributed by atoms with van der Waals surface area (Å²) in [5.74, 6) is 0.257. The molecule has 0 spiro atoms. The molecule has 0 radical (unpaired) electrons. The van der Waals surface area contributed by atoms with Crippen molar-refractivity contribution in [1.82, 2.24) is 4.98 Å². The number of hydrogen-bond donors (Lipinski definition) is 2. The van der Waals surface area contributed by atoms with Gasteiger partial charge in [0, 0.05) is 12.8 Å². The molecule has 1 amide bonds. The lowest BCUT2D eigenvalue weighted by molar-refractivity contribution is -0.117. The Bertz CT molecular complexity index is 328.